The molecule has 106 valence electrons. The van der Waals surface area contributed by atoms with E-state index < -0.39 is 5.41 Å². The lowest BCUT2D eigenvalue weighted by atomic mass is 9.80. The smallest absolute Gasteiger partial charge is 0.243 e. The maximum absolute atomic E-state index is 12.7. The normalized spacial score (nSPS) is 26.7. The van der Waals surface area contributed by atoms with Crippen molar-refractivity contribution >= 4 is 5.91 Å². The molecule has 0 aromatic heterocycles. The van der Waals surface area contributed by atoms with Gasteiger partial charge in [-0.05, 0) is 31.6 Å². The average molecular weight is 264 g/mol. The van der Waals surface area contributed by atoms with Gasteiger partial charge in [0.15, 0.2) is 0 Å². The lowest BCUT2D eigenvalue weighted by Crippen LogP contribution is -2.42. The molecule has 1 unspecified atom stereocenters. The van der Waals surface area contributed by atoms with Gasteiger partial charge in [-0.2, -0.15) is 5.26 Å². The molecule has 2 fully saturated rings. The zero-order valence-electron chi connectivity index (χ0n) is 11.6. The van der Waals surface area contributed by atoms with Gasteiger partial charge in [0.25, 0.3) is 0 Å². The van der Waals surface area contributed by atoms with Gasteiger partial charge >= 0.3 is 0 Å². The SMILES string of the molecule is N#CC1(C(=O)N2CCC(CCO)C2)CCCCCC1. The van der Waals surface area contributed by atoms with Crippen LogP contribution in [0.2, 0.25) is 0 Å². The highest BCUT2D eigenvalue weighted by molar-refractivity contribution is 5.85. The molecule has 4 heteroatoms. The van der Waals surface area contributed by atoms with Crippen molar-refractivity contribution < 1.29 is 9.90 Å². The summed E-state index contributed by atoms with van der Waals surface area (Å²) < 4.78 is 0. The molecule has 1 N–H and O–H groups in total. The Hall–Kier alpha value is -1.08. The summed E-state index contributed by atoms with van der Waals surface area (Å²) in [7, 11) is 0. The summed E-state index contributed by atoms with van der Waals surface area (Å²) >= 11 is 0. The number of likely N-dealkylation sites (tertiary alicyclic amines) is 1. The summed E-state index contributed by atoms with van der Waals surface area (Å²) in [6, 6.07) is 2.34. The predicted molar refractivity (Wildman–Crippen MR) is 72.1 cm³/mol. The summed E-state index contributed by atoms with van der Waals surface area (Å²) in [4.78, 5) is 14.6. The summed E-state index contributed by atoms with van der Waals surface area (Å²) in [6.45, 7) is 1.67. The van der Waals surface area contributed by atoms with Crippen molar-refractivity contribution in [3.63, 3.8) is 0 Å². The van der Waals surface area contributed by atoms with Crippen molar-refractivity contribution in [3.8, 4) is 6.07 Å². The molecule has 2 aliphatic rings. The second-order valence-corrected chi connectivity index (χ2v) is 6.03. The van der Waals surface area contributed by atoms with Crippen molar-refractivity contribution in [2.24, 2.45) is 11.3 Å². The number of nitriles is 1. The highest BCUT2D eigenvalue weighted by atomic mass is 16.3. The van der Waals surface area contributed by atoms with E-state index in [1.165, 1.54) is 0 Å². The van der Waals surface area contributed by atoms with Gasteiger partial charge in [-0.25, -0.2) is 0 Å². The molecular formula is C15H24N2O2. The lowest BCUT2D eigenvalue weighted by molar-refractivity contribution is -0.138. The molecule has 0 aromatic rings. The van der Waals surface area contributed by atoms with Crippen LogP contribution in [0.3, 0.4) is 0 Å². The Balaban J connectivity index is 2.03. The number of hydrogen-bond donors (Lipinski definition) is 1. The number of rotatable bonds is 3. The zero-order valence-corrected chi connectivity index (χ0v) is 11.6. The summed E-state index contributed by atoms with van der Waals surface area (Å²) in [6.07, 6.45) is 7.46. The third kappa shape index (κ3) is 3.09. The fourth-order valence-corrected chi connectivity index (χ4v) is 3.44. The van der Waals surface area contributed by atoms with Crippen LogP contribution in [-0.2, 0) is 4.79 Å². The minimum atomic E-state index is -0.759. The van der Waals surface area contributed by atoms with Crippen molar-refractivity contribution in [3.05, 3.63) is 0 Å². The molecule has 1 saturated heterocycles. The third-order valence-corrected chi connectivity index (χ3v) is 4.69. The second-order valence-electron chi connectivity index (χ2n) is 6.03. The number of amides is 1. The fourth-order valence-electron chi connectivity index (χ4n) is 3.44. The second kappa shape index (κ2) is 6.38. The molecule has 1 aliphatic carbocycles. The largest absolute Gasteiger partial charge is 0.396 e. The minimum Gasteiger partial charge on any atom is -0.396 e. The fraction of sp³-hybridized carbons (Fsp3) is 0.867. The van der Waals surface area contributed by atoms with Gasteiger partial charge in [0, 0.05) is 19.7 Å². The highest BCUT2D eigenvalue weighted by Crippen LogP contribution is 2.37. The Morgan fingerprint density at radius 1 is 1.32 bits per heavy atom. The summed E-state index contributed by atoms with van der Waals surface area (Å²) in [5.74, 6) is 0.466. The Bertz CT molecular complexity index is 354. The van der Waals surface area contributed by atoms with Crippen molar-refractivity contribution in [2.75, 3.05) is 19.7 Å². The van der Waals surface area contributed by atoms with E-state index in [1.807, 2.05) is 4.90 Å². The lowest BCUT2D eigenvalue weighted by Gasteiger charge is -2.29. The first kappa shape index (κ1) is 14.3. The molecule has 0 bridgehead atoms. The summed E-state index contributed by atoms with van der Waals surface area (Å²) in [5, 5.41) is 18.5. The van der Waals surface area contributed by atoms with Crippen LogP contribution in [0.1, 0.15) is 51.4 Å². The van der Waals surface area contributed by atoms with Gasteiger partial charge in [-0.15, -0.1) is 0 Å². The number of hydrogen-bond acceptors (Lipinski definition) is 3. The number of carbonyl (C=O) groups is 1. The van der Waals surface area contributed by atoms with E-state index in [0.717, 1.165) is 64.5 Å². The van der Waals surface area contributed by atoms with E-state index in [9.17, 15) is 10.1 Å². The van der Waals surface area contributed by atoms with Crippen LogP contribution in [-0.4, -0.2) is 35.6 Å². The Kier molecular flexibility index (Phi) is 4.81. The topological polar surface area (TPSA) is 64.3 Å². The number of nitrogens with zero attached hydrogens (tertiary/aromatic N) is 2. The molecule has 0 spiro atoms. The van der Waals surface area contributed by atoms with E-state index >= 15 is 0 Å². The molecule has 19 heavy (non-hydrogen) atoms. The Morgan fingerprint density at radius 2 is 2.00 bits per heavy atom. The molecule has 1 atom stereocenters. The molecule has 1 amide bonds. The van der Waals surface area contributed by atoms with E-state index in [0.29, 0.717) is 5.92 Å². The molecule has 1 aliphatic heterocycles. The van der Waals surface area contributed by atoms with E-state index in [2.05, 4.69) is 6.07 Å². The quantitative estimate of drug-likeness (QED) is 0.794. The van der Waals surface area contributed by atoms with Crippen LogP contribution in [0, 0.1) is 22.7 Å². The monoisotopic (exact) mass is 264 g/mol. The van der Waals surface area contributed by atoms with Crippen LogP contribution in [0.4, 0.5) is 0 Å². The summed E-state index contributed by atoms with van der Waals surface area (Å²) in [5.41, 5.74) is -0.759. The predicted octanol–water partition coefficient (Wildman–Crippen LogP) is 2.08. The molecule has 0 aromatic carbocycles. The van der Waals surface area contributed by atoms with Crippen LogP contribution in [0.25, 0.3) is 0 Å². The molecule has 4 nitrogen and oxygen atoms in total. The standard InChI is InChI=1S/C15H24N2O2/c16-12-15(7-3-1-2-4-8-15)14(19)17-9-5-13(11-17)6-10-18/h13,18H,1-11H2. The average Bonchev–Trinajstić information content (AvgIpc) is 2.75. The van der Waals surface area contributed by atoms with Gasteiger partial charge in [0.1, 0.15) is 5.41 Å². The highest BCUT2D eigenvalue weighted by Gasteiger charge is 2.43. The first-order chi connectivity index (χ1) is 9.22. The first-order valence-corrected chi connectivity index (χ1v) is 7.53. The van der Waals surface area contributed by atoms with Gasteiger partial charge in [0.05, 0.1) is 6.07 Å². The number of carbonyl (C=O) groups excluding carboxylic acids is 1. The van der Waals surface area contributed by atoms with Gasteiger partial charge in [0.2, 0.25) is 5.91 Å². The third-order valence-electron chi connectivity index (χ3n) is 4.69. The van der Waals surface area contributed by atoms with Gasteiger partial charge in [-0.1, -0.05) is 25.7 Å². The molecular weight excluding hydrogens is 240 g/mol. The van der Waals surface area contributed by atoms with E-state index in [-0.39, 0.29) is 12.5 Å². The maximum atomic E-state index is 12.7. The van der Waals surface area contributed by atoms with Crippen molar-refractivity contribution in [2.45, 2.75) is 51.4 Å². The van der Waals surface area contributed by atoms with E-state index in [1.54, 1.807) is 0 Å². The number of aliphatic hydroxyl groups is 1. The minimum absolute atomic E-state index is 0.0531. The molecule has 1 saturated carbocycles. The maximum Gasteiger partial charge on any atom is 0.243 e. The van der Waals surface area contributed by atoms with Crippen LogP contribution in [0.15, 0.2) is 0 Å². The Morgan fingerprint density at radius 3 is 2.58 bits per heavy atom. The van der Waals surface area contributed by atoms with Crippen molar-refractivity contribution in [1.82, 2.24) is 4.90 Å². The van der Waals surface area contributed by atoms with Crippen LogP contribution < -0.4 is 0 Å². The van der Waals surface area contributed by atoms with Gasteiger partial charge in [-0.3, -0.25) is 4.79 Å². The Labute approximate surface area is 115 Å². The molecule has 0 radical (unpaired) electrons. The van der Waals surface area contributed by atoms with Gasteiger partial charge < -0.3 is 10.0 Å². The molecule has 1 heterocycles. The zero-order chi connectivity index (χ0) is 13.7. The number of aliphatic hydroxyl groups excluding tert-OH is 1. The first-order valence-electron chi connectivity index (χ1n) is 7.53. The van der Waals surface area contributed by atoms with E-state index in [4.69, 9.17) is 5.11 Å². The van der Waals surface area contributed by atoms with Crippen molar-refractivity contribution in [1.29, 1.82) is 5.26 Å². The van der Waals surface area contributed by atoms with Crippen LogP contribution >= 0.6 is 0 Å². The molecule has 2 rings (SSSR count). The van der Waals surface area contributed by atoms with Crippen LogP contribution in [0.5, 0.6) is 0 Å².